The Balaban J connectivity index is 2.08. The SMILES string of the molecule is Cc1cc(N)nc(COc2ccc(F)c(Br)c2)n1. The third-order valence-electron chi connectivity index (χ3n) is 2.18. The minimum Gasteiger partial charge on any atom is -0.486 e. The third-order valence-corrected chi connectivity index (χ3v) is 2.79. The van der Waals surface area contributed by atoms with Crippen molar-refractivity contribution in [2.24, 2.45) is 0 Å². The van der Waals surface area contributed by atoms with E-state index in [1.165, 1.54) is 6.07 Å². The van der Waals surface area contributed by atoms with Gasteiger partial charge in [-0.15, -0.1) is 0 Å². The molecular weight excluding hydrogens is 301 g/mol. The van der Waals surface area contributed by atoms with Crippen molar-refractivity contribution in [2.75, 3.05) is 5.73 Å². The molecule has 0 atom stereocenters. The molecular formula is C12H11BrFN3O. The highest BCUT2D eigenvalue weighted by Crippen LogP contribution is 2.22. The van der Waals surface area contributed by atoms with E-state index in [4.69, 9.17) is 10.5 Å². The molecule has 1 aromatic heterocycles. The maximum absolute atomic E-state index is 13.0. The van der Waals surface area contributed by atoms with Gasteiger partial charge in [0.15, 0.2) is 5.82 Å². The number of halogens is 2. The summed E-state index contributed by atoms with van der Waals surface area (Å²) in [5.41, 5.74) is 6.39. The summed E-state index contributed by atoms with van der Waals surface area (Å²) >= 11 is 3.09. The molecule has 0 fully saturated rings. The summed E-state index contributed by atoms with van der Waals surface area (Å²) in [5.74, 6) is 1.10. The van der Waals surface area contributed by atoms with Crippen LogP contribution in [0.15, 0.2) is 28.7 Å². The van der Waals surface area contributed by atoms with Gasteiger partial charge in [0.05, 0.1) is 4.47 Å². The zero-order valence-corrected chi connectivity index (χ0v) is 11.2. The van der Waals surface area contributed by atoms with Crippen LogP contribution in [0.3, 0.4) is 0 Å². The molecule has 6 heteroatoms. The summed E-state index contributed by atoms with van der Waals surface area (Å²) in [6, 6.07) is 6.09. The molecule has 0 saturated carbocycles. The van der Waals surface area contributed by atoms with Crippen LogP contribution in [-0.2, 0) is 6.61 Å². The monoisotopic (exact) mass is 311 g/mol. The van der Waals surface area contributed by atoms with E-state index >= 15 is 0 Å². The molecule has 94 valence electrons. The number of hydrogen-bond donors (Lipinski definition) is 1. The van der Waals surface area contributed by atoms with E-state index in [9.17, 15) is 4.39 Å². The summed E-state index contributed by atoms with van der Waals surface area (Å²) in [7, 11) is 0. The maximum atomic E-state index is 13.0. The summed E-state index contributed by atoms with van der Waals surface area (Å²) < 4.78 is 18.8. The van der Waals surface area contributed by atoms with Gasteiger partial charge in [-0.2, -0.15) is 0 Å². The Hall–Kier alpha value is -1.69. The molecule has 0 saturated heterocycles. The van der Waals surface area contributed by atoms with Crippen molar-refractivity contribution in [1.29, 1.82) is 0 Å². The first-order chi connectivity index (χ1) is 8.54. The first-order valence-electron chi connectivity index (χ1n) is 5.22. The van der Waals surface area contributed by atoms with Gasteiger partial charge in [-0.05, 0) is 41.1 Å². The number of nitrogens with zero attached hydrogens (tertiary/aromatic N) is 2. The van der Waals surface area contributed by atoms with Gasteiger partial charge >= 0.3 is 0 Å². The van der Waals surface area contributed by atoms with Crippen LogP contribution >= 0.6 is 15.9 Å². The first kappa shape index (κ1) is 12.8. The first-order valence-corrected chi connectivity index (χ1v) is 6.02. The van der Waals surface area contributed by atoms with Crippen LogP contribution < -0.4 is 10.5 Å². The molecule has 0 bridgehead atoms. The molecule has 2 aromatic rings. The van der Waals surface area contributed by atoms with Crippen molar-refractivity contribution >= 4 is 21.7 Å². The number of ether oxygens (including phenoxy) is 1. The molecule has 0 aliphatic carbocycles. The van der Waals surface area contributed by atoms with E-state index in [0.717, 1.165) is 5.69 Å². The second kappa shape index (κ2) is 5.30. The van der Waals surface area contributed by atoms with E-state index in [1.54, 1.807) is 18.2 Å². The highest BCUT2D eigenvalue weighted by molar-refractivity contribution is 9.10. The Morgan fingerprint density at radius 2 is 2.11 bits per heavy atom. The molecule has 0 amide bonds. The van der Waals surface area contributed by atoms with Crippen molar-refractivity contribution in [1.82, 2.24) is 9.97 Å². The Morgan fingerprint density at radius 1 is 1.33 bits per heavy atom. The highest BCUT2D eigenvalue weighted by Gasteiger charge is 2.04. The molecule has 4 nitrogen and oxygen atoms in total. The van der Waals surface area contributed by atoms with Gasteiger partial charge in [-0.1, -0.05) is 0 Å². The predicted octanol–water partition coefficient (Wildman–Crippen LogP) is 2.85. The third kappa shape index (κ3) is 3.16. The zero-order valence-electron chi connectivity index (χ0n) is 9.65. The van der Waals surface area contributed by atoms with Gasteiger partial charge < -0.3 is 10.5 Å². The summed E-state index contributed by atoms with van der Waals surface area (Å²) in [5, 5.41) is 0. The largest absolute Gasteiger partial charge is 0.486 e. The lowest BCUT2D eigenvalue weighted by atomic mass is 10.3. The quantitative estimate of drug-likeness (QED) is 0.947. The fourth-order valence-electron chi connectivity index (χ4n) is 1.44. The number of rotatable bonds is 3. The van der Waals surface area contributed by atoms with Crippen LogP contribution in [0.4, 0.5) is 10.2 Å². The highest BCUT2D eigenvalue weighted by atomic mass is 79.9. The van der Waals surface area contributed by atoms with Gasteiger partial charge in [0, 0.05) is 11.8 Å². The second-order valence-electron chi connectivity index (χ2n) is 3.72. The van der Waals surface area contributed by atoms with E-state index in [-0.39, 0.29) is 12.4 Å². The molecule has 2 N–H and O–H groups in total. The Labute approximate surface area is 112 Å². The fraction of sp³-hybridized carbons (Fsp3) is 0.167. The molecule has 0 unspecified atom stereocenters. The number of nitrogens with two attached hydrogens (primary N) is 1. The minimum atomic E-state index is -0.335. The number of nitrogen functional groups attached to an aromatic ring is 1. The summed E-state index contributed by atoms with van der Waals surface area (Å²) in [6.45, 7) is 2.01. The lowest BCUT2D eigenvalue weighted by Gasteiger charge is -2.07. The van der Waals surface area contributed by atoms with Crippen LogP contribution in [-0.4, -0.2) is 9.97 Å². The molecule has 0 aliphatic rings. The van der Waals surface area contributed by atoms with Crippen LogP contribution in [0.1, 0.15) is 11.5 Å². The van der Waals surface area contributed by atoms with E-state index in [0.29, 0.717) is 21.9 Å². The molecule has 0 spiro atoms. The molecule has 0 aliphatic heterocycles. The standard InChI is InChI=1S/C12H11BrFN3O/c1-7-4-11(15)17-12(16-7)6-18-8-2-3-10(14)9(13)5-8/h2-5H,6H2,1H3,(H2,15,16,17). The predicted molar refractivity (Wildman–Crippen MR) is 69.6 cm³/mol. The maximum Gasteiger partial charge on any atom is 0.168 e. The average molecular weight is 312 g/mol. The summed E-state index contributed by atoms with van der Waals surface area (Å²) in [4.78, 5) is 8.23. The van der Waals surface area contributed by atoms with Gasteiger partial charge in [0.2, 0.25) is 0 Å². The van der Waals surface area contributed by atoms with Crippen molar-refractivity contribution in [3.05, 3.63) is 46.1 Å². The number of anilines is 1. The van der Waals surface area contributed by atoms with Gasteiger partial charge in [-0.25, -0.2) is 14.4 Å². The lowest BCUT2D eigenvalue weighted by Crippen LogP contribution is -2.05. The fourth-order valence-corrected chi connectivity index (χ4v) is 1.79. The Morgan fingerprint density at radius 3 is 2.78 bits per heavy atom. The second-order valence-corrected chi connectivity index (χ2v) is 4.57. The minimum absolute atomic E-state index is 0.184. The van der Waals surface area contributed by atoms with Gasteiger partial charge in [0.1, 0.15) is 24.0 Å². The summed E-state index contributed by atoms with van der Waals surface area (Å²) in [6.07, 6.45) is 0. The number of benzene rings is 1. The van der Waals surface area contributed by atoms with Crippen LogP contribution in [0.5, 0.6) is 5.75 Å². The normalized spacial score (nSPS) is 10.4. The Bertz CT molecular complexity index is 557. The van der Waals surface area contributed by atoms with Crippen molar-refractivity contribution in [3.63, 3.8) is 0 Å². The molecule has 2 rings (SSSR count). The molecule has 0 radical (unpaired) electrons. The van der Waals surface area contributed by atoms with E-state index < -0.39 is 0 Å². The average Bonchev–Trinajstić information content (AvgIpc) is 2.29. The van der Waals surface area contributed by atoms with Crippen LogP contribution in [0.25, 0.3) is 0 Å². The number of aryl methyl sites for hydroxylation is 1. The van der Waals surface area contributed by atoms with Crippen molar-refractivity contribution in [2.45, 2.75) is 13.5 Å². The topological polar surface area (TPSA) is 61.0 Å². The molecule has 1 heterocycles. The smallest absolute Gasteiger partial charge is 0.168 e. The van der Waals surface area contributed by atoms with E-state index in [1.807, 2.05) is 6.92 Å². The van der Waals surface area contributed by atoms with Crippen LogP contribution in [0, 0.1) is 12.7 Å². The van der Waals surface area contributed by atoms with Gasteiger partial charge in [-0.3, -0.25) is 0 Å². The zero-order chi connectivity index (χ0) is 13.1. The van der Waals surface area contributed by atoms with E-state index in [2.05, 4.69) is 25.9 Å². The Kier molecular flexibility index (Phi) is 3.76. The van der Waals surface area contributed by atoms with Crippen LogP contribution in [0.2, 0.25) is 0 Å². The molecule has 1 aromatic carbocycles. The van der Waals surface area contributed by atoms with Crippen molar-refractivity contribution < 1.29 is 9.13 Å². The number of aromatic nitrogens is 2. The number of hydrogen-bond acceptors (Lipinski definition) is 4. The molecule has 18 heavy (non-hydrogen) atoms. The van der Waals surface area contributed by atoms with Gasteiger partial charge in [0.25, 0.3) is 0 Å². The lowest BCUT2D eigenvalue weighted by molar-refractivity contribution is 0.295. The van der Waals surface area contributed by atoms with Crippen molar-refractivity contribution in [3.8, 4) is 5.75 Å².